The second-order valence-electron chi connectivity index (χ2n) is 4.03. The summed E-state index contributed by atoms with van der Waals surface area (Å²) in [4.78, 5) is 20.4. The number of hydrogen-bond acceptors (Lipinski definition) is 5. The summed E-state index contributed by atoms with van der Waals surface area (Å²) in [6.07, 6.45) is 1.47. The van der Waals surface area contributed by atoms with Gasteiger partial charge >= 0.3 is 0 Å². The summed E-state index contributed by atoms with van der Waals surface area (Å²) in [6.45, 7) is 0. The van der Waals surface area contributed by atoms with Crippen molar-refractivity contribution in [2.75, 3.05) is 12.4 Å². The number of nitrogens with one attached hydrogen (secondary N) is 1. The molecule has 5 nitrogen and oxygen atoms in total. The zero-order valence-electron chi connectivity index (χ0n) is 10.7. The lowest BCUT2D eigenvalue weighted by Crippen LogP contribution is -2.11. The fourth-order valence-electron chi connectivity index (χ4n) is 1.73. The zero-order valence-corrected chi connectivity index (χ0v) is 11.5. The van der Waals surface area contributed by atoms with Crippen LogP contribution in [0, 0.1) is 0 Å². The molecule has 3 aromatic rings. The van der Waals surface area contributed by atoms with Crippen molar-refractivity contribution in [1.29, 1.82) is 0 Å². The Morgan fingerprint density at radius 2 is 2.10 bits per heavy atom. The molecule has 0 unspecified atom stereocenters. The number of amides is 1. The molecule has 0 aliphatic heterocycles. The molecule has 3 rings (SSSR count). The highest BCUT2D eigenvalue weighted by Gasteiger charge is 2.10. The standard InChI is InChI=1S/C14H11N3O2S/c1-19-12-7-6-9(8-15-12)13(18)17-14-16-10-4-2-3-5-11(10)20-14/h2-8H,1H3,(H,16,17,18). The van der Waals surface area contributed by atoms with E-state index in [0.717, 1.165) is 10.2 Å². The maximum absolute atomic E-state index is 12.1. The molecule has 0 aliphatic carbocycles. The fraction of sp³-hybridized carbons (Fsp3) is 0.0714. The lowest BCUT2D eigenvalue weighted by molar-refractivity contribution is 0.102. The van der Waals surface area contributed by atoms with Crippen LogP contribution >= 0.6 is 11.3 Å². The Morgan fingerprint density at radius 3 is 2.80 bits per heavy atom. The SMILES string of the molecule is COc1ccc(C(=O)Nc2nc3ccccc3s2)cn1. The van der Waals surface area contributed by atoms with E-state index >= 15 is 0 Å². The van der Waals surface area contributed by atoms with Crippen molar-refractivity contribution < 1.29 is 9.53 Å². The van der Waals surface area contributed by atoms with E-state index in [-0.39, 0.29) is 5.91 Å². The van der Waals surface area contributed by atoms with Crippen LogP contribution in [0.2, 0.25) is 0 Å². The Kier molecular flexibility index (Phi) is 3.30. The number of carbonyl (C=O) groups excluding carboxylic acids is 1. The van der Waals surface area contributed by atoms with Gasteiger partial charge < -0.3 is 4.74 Å². The molecule has 0 aliphatic rings. The molecule has 100 valence electrons. The quantitative estimate of drug-likeness (QED) is 0.803. The number of anilines is 1. The largest absolute Gasteiger partial charge is 0.481 e. The van der Waals surface area contributed by atoms with Gasteiger partial charge in [0.15, 0.2) is 5.13 Å². The minimum Gasteiger partial charge on any atom is -0.481 e. The number of ether oxygens (including phenoxy) is 1. The maximum atomic E-state index is 12.1. The topological polar surface area (TPSA) is 64.1 Å². The number of aromatic nitrogens is 2. The van der Waals surface area contributed by atoms with Crippen LogP contribution < -0.4 is 10.1 Å². The zero-order chi connectivity index (χ0) is 13.9. The number of para-hydroxylation sites is 1. The van der Waals surface area contributed by atoms with Gasteiger partial charge in [0.1, 0.15) is 0 Å². The van der Waals surface area contributed by atoms with Gasteiger partial charge in [0.2, 0.25) is 5.88 Å². The molecule has 0 atom stereocenters. The minimum atomic E-state index is -0.237. The summed E-state index contributed by atoms with van der Waals surface area (Å²) in [5, 5.41) is 3.35. The molecule has 0 saturated heterocycles. The number of benzene rings is 1. The number of carbonyl (C=O) groups is 1. The Bertz CT molecular complexity index is 719. The van der Waals surface area contributed by atoms with E-state index in [1.54, 1.807) is 12.1 Å². The van der Waals surface area contributed by atoms with E-state index in [2.05, 4.69) is 15.3 Å². The molecular formula is C14H11N3O2S. The van der Waals surface area contributed by atoms with Crippen LogP contribution in [0.25, 0.3) is 10.2 Å². The van der Waals surface area contributed by atoms with Crippen molar-refractivity contribution in [2.45, 2.75) is 0 Å². The predicted molar refractivity (Wildman–Crippen MR) is 78.4 cm³/mol. The van der Waals surface area contributed by atoms with Crippen molar-refractivity contribution in [3.05, 3.63) is 48.2 Å². The number of nitrogens with zero attached hydrogens (tertiary/aromatic N) is 2. The summed E-state index contributed by atoms with van der Waals surface area (Å²) < 4.78 is 5.99. The molecule has 6 heteroatoms. The maximum Gasteiger partial charge on any atom is 0.259 e. The molecule has 1 amide bonds. The van der Waals surface area contributed by atoms with Crippen molar-refractivity contribution >= 4 is 32.6 Å². The average Bonchev–Trinajstić information content (AvgIpc) is 2.89. The summed E-state index contributed by atoms with van der Waals surface area (Å²) in [7, 11) is 1.53. The average molecular weight is 285 g/mol. The second-order valence-corrected chi connectivity index (χ2v) is 5.06. The Balaban J connectivity index is 1.80. The van der Waals surface area contributed by atoms with Gasteiger partial charge in [0.25, 0.3) is 5.91 Å². The Hall–Kier alpha value is -2.47. The van der Waals surface area contributed by atoms with E-state index in [1.165, 1.54) is 24.6 Å². The first kappa shape index (κ1) is 12.6. The summed E-state index contributed by atoms with van der Waals surface area (Å²) >= 11 is 1.44. The highest BCUT2D eigenvalue weighted by molar-refractivity contribution is 7.22. The first-order chi connectivity index (χ1) is 9.76. The Morgan fingerprint density at radius 1 is 1.25 bits per heavy atom. The van der Waals surface area contributed by atoms with Crippen molar-refractivity contribution in [2.24, 2.45) is 0 Å². The monoisotopic (exact) mass is 285 g/mol. The Labute approximate surface area is 119 Å². The lowest BCUT2D eigenvalue weighted by atomic mass is 10.3. The van der Waals surface area contributed by atoms with Crippen LogP contribution in [0.4, 0.5) is 5.13 Å². The molecule has 0 fully saturated rings. The smallest absolute Gasteiger partial charge is 0.259 e. The predicted octanol–water partition coefficient (Wildman–Crippen LogP) is 2.95. The number of hydrogen-bond donors (Lipinski definition) is 1. The molecule has 0 saturated carbocycles. The molecule has 1 aromatic carbocycles. The molecule has 1 N–H and O–H groups in total. The molecule has 0 spiro atoms. The third-order valence-electron chi connectivity index (χ3n) is 2.72. The van der Waals surface area contributed by atoms with E-state index in [4.69, 9.17) is 4.74 Å². The number of thiazole rings is 1. The van der Waals surface area contributed by atoms with Gasteiger partial charge in [-0.05, 0) is 18.2 Å². The summed E-state index contributed by atoms with van der Waals surface area (Å²) in [5.41, 5.74) is 1.34. The first-order valence-electron chi connectivity index (χ1n) is 5.93. The van der Waals surface area contributed by atoms with Crippen LogP contribution in [-0.2, 0) is 0 Å². The minimum absolute atomic E-state index is 0.237. The number of fused-ring (bicyclic) bond motifs is 1. The van der Waals surface area contributed by atoms with Crippen molar-refractivity contribution in [3.8, 4) is 5.88 Å². The van der Waals surface area contributed by atoms with E-state index in [0.29, 0.717) is 16.6 Å². The number of rotatable bonds is 3. The molecule has 2 heterocycles. The van der Waals surface area contributed by atoms with Gasteiger partial charge in [-0.3, -0.25) is 10.1 Å². The summed E-state index contributed by atoms with van der Waals surface area (Å²) in [5.74, 6) is 0.237. The molecule has 2 aromatic heterocycles. The molecule has 0 bridgehead atoms. The summed E-state index contributed by atoms with van der Waals surface area (Å²) in [6, 6.07) is 11.1. The fourth-order valence-corrected chi connectivity index (χ4v) is 2.59. The highest BCUT2D eigenvalue weighted by atomic mass is 32.1. The van der Waals surface area contributed by atoms with Gasteiger partial charge in [-0.15, -0.1) is 0 Å². The normalized spacial score (nSPS) is 10.4. The van der Waals surface area contributed by atoms with Crippen LogP contribution in [0.5, 0.6) is 5.88 Å². The highest BCUT2D eigenvalue weighted by Crippen LogP contribution is 2.25. The van der Waals surface area contributed by atoms with Crippen LogP contribution in [0.1, 0.15) is 10.4 Å². The lowest BCUT2D eigenvalue weighted by Gasteiger charge is -2.02. The first-order valence-corrected chi connectivity index (χ1v) is 6.75. The van der Waals surface area contributed by atoms with E-state index in [9.17, 15) is 4.79 Å². The van der Waals surface area contributed by atoms with Gasteiger partial charge in [-0.25, -0.2) is 9.97 Å². The molecule has 20 heavy (non-hydrogen) atoms. The van der Waals surface area contributed by atoms with Crippen molar-refractivity contribution in [1.82, 2.24) is 9.97 Å². The van der Waals surface area contributed by atoms with Crippen molar-refractivity contribution in [3.63, 3.8) is 0 Å². The number of pyridine rings is 1. The number of methoxy groups -OCH3 is 1. The van der Waals surface area contributed by atoms with Crippen LogP contribution in [0.3, 0.4) is 0 Å². The van der Waals surface area contributed by atoms with Crippen LogP contribution in [-0.4, -0.2) is 23.0 Å². The molecular weight excluding hydrogens is 274 g/mol. The second kappa shape index (κ2) is 5.26. The van der Waals surface area contributed by atoms with Gasteiger partial charge in [0.05, 0.1) is 22.9 Å². The van der Waals surface area contributed by atoms with Crippen LogP contribution in [0.15, 0.2) is 42.6 Å². The third-order valence-corrected chi connectivity index (χ3v) is 3.67. The molecule has 0 radical (unpaired) electrons. The third kappa shape index (κ3) is 2.46. The van der Waals surface area contributed by atoms with Gasteiger partial charge in [-0.1, -0.05) is 23.5 Å². The van der Waals surface area contributed by atoms with E-state index < -0.39 is 0 Å². The van der Waals surface area contributed by atoms with Gasteiger partial charge in [-0.2, -0.15) is 0 Å². The van der Waals surface area contributed by atoms with E-state index in [1.807, 2.05) is 24.3 Å². The van der Waals surface area contributed by atoms with Gasteiger partial charge in [0, 0.05) is 12.3 Å².